The van der Waals surface area contributed by atoms with Gasteiger partial charge in [0.1, 0.15) is 0 Å². The highest BCUT2D eigenvalue weighted by Crippen LogP contribution is 2.24. The van der Waals surface area contributed by atoms with E-state index in [1.54, 1.807) is 0 Å². The fourth-order valence-electron chi connectivity index (χ4n) is 3.61. The number of rotatable bonds is 3. The summed E-state index contributed by atoms with van der Waals surface area (Å²) < 4.78 is 0. The van der Waals surface area contributed by atoms with Gasteiger partial charge in [-0.3, -0.25) is 9.59 Å². The highest BCUT2D eigenvalue weighted by molar-refractivity contribution is 5.89. The summed E-state index contributed by atoms with van der Waals surface area (Å²) in [5.74, 6) is 0.0241. The molecule has 0 bridgehead atoms. The van der Waals surface area contributed by atoms with Crippen LogP contribution in [-0.4, -0.2) is 53.3 Å². The summed E-state index contributed by atoms with van der Waals surface area (Å²) >= 11 is 0. The molecule has 0 spiro atoms. The van der Waals surface area contributed by atoms with E-state index in [0.717, 1.165) is 18.7 Å². The number of piperazine rings is 1. The molecule has 1 aromatic rings. The van der Waals surface area contributed by atoms with Crippen LogP contribution in [-0.2, 0) is 16.1 Å². The van der Waals surface area contributed by atoms with Gasteiger partial charge in [0.05, 0.1) is 5.92 Å². The Labute approximate surface area is 144 Å². The number of nitrogens with one attached hydrogen (secondary N) is 1. The number of hydrogen-bond acceptors (Lipinski definition) is 3. The van der Waals surface area contributed by atoms with E-state index in [0.29, 0.717) is 25.6 Å². The highest BCUT2D eigenvalue weighted by Gasteiger charge is 2.39. The van der Waals surface area contributed by atoms with E-state index in [4.69, 9.17) is 0 Å². The molecule has 3 unspecified atom stereocenters. The standard InChI is InChI=1S/C19H27N3O2/c1-13-4-6-16(7-5-13)11-21-12-17(10-18(21)23)19(24)22-9-8-20-14(2)15(22)3/h4-7,14-15,17,20H,8-12H2,1-3H3. The van der Waals surface area contributed by atoms with Gasteiger partial charge in [-0.2, -0.15) is 0 Å². The van der Waals surface area contributed by atoms with E-state index in [-0.39, 0.29) is 23.8 Å². The van der Waals surface area contributed by atoms with Crippen molar-refractivity contribution in [3.8, 4) is 0 Å². The van der Waals surface area contributed by atoms with Gasteiger partial charge in [-0.25, -0.2) is 0 Å². The molecular weight excluding hydrogens is 302 g/mol. The van der Waals surface area contributed by atoms with Crippen molar-refractivity contribution in [3.05, 3.63) is 35.4 Å². The third-order valence-corrected chi connectivity index (χ3v) is 5.38. The number of aryl methyl sites for hydroxylation is 1. The second-order valence-corrected chi connectivity index (χ2v) is 7.18. The van der Waals surface area contributed by atoms with Gasteiger partial charge < -0.3 is 15.1 Å². The van der Waals surface area contributed by atoms with E-state index in [1.807, 2.05) is 9.80 Å². The quantitative estimate of drug-likeness (QED) is 0.915. The Morgan fingerprint density at radius 3 is 2.67 bits per heavy atom. The van der Waals surface area contributed by atoms with Crippen molar-refractivity contribution in [2.45, 2.75) is 45.8 Å². The van der Waals surface area contributed by atoms with Crippen molar-refractivity contribution in [2.75, 3.05) is 19.6 Å². The molecule has 5 heteroatoms. The molecule has 2 aliphatic heterocycles. The molecule has 5 nitrogen and oxygen atoms in total. The molecule has 3 atom stereocenters. The Kier molecular flexibility index (Phi) is 4.90. The summed E-state index contributed by atoms with van der Waals surface area (Å²) in [5.41, 5.74) is 2.33. The Morgan fingerprint density at radius 1 is 1.25 bits per heavy atom. The molecule has 1 aromatic carbocycles. The van der Waals surface area contributed by atoms with Crippen LogP contribution in [0.1, 0.15) is 31.4 Å². The minimum atomic E-state index is -0.198. The first-order valence-corrected chi connectivity index (χ1v) is 8.83. The van der Waals surface area contributed by atoms with Gasteiger partial charge in [0, 0.05) is 44.7 Å². The molecule has 130 valence electrons. The van der Waals surface area contributed by atoms with Crippen molar-refractivity contribution in [1.29, 1.82) is 0 Å². The van der Waals surface area contributed by atoms with E-state index >= 15 is 0 Å². The zero-order chi connectivity index (χ0) is 17.3. The molecule has 2 saturated heterocycles. The molecule has 0 aliphatic carbocycles. The maximum absolute atomic E-state index is 12.9. The summed E-state index contributed by atoms with van der Waals surface area (Å²) in [5, 5.41) is 3.39. The lowest BCUT2D eigenvalue weighted by molar-refractivity contribution is -0.139. The third kappa shape index (κ3) is 3.46. The van der Waals surface area contributed by atoms with Gasteiger partial charge in [0.15, 0.2) is 0 Å². The van der Waals surface area contributed by atoms with E-state index in [1.165, 1.54) is 5.56 Å². The molecule has 24 heavy (non-hydrogen) atoms. The maximum Gasteiger partial charge on any atom is 0.228 e. The molecule has 2 heterocycles. The average molecular weight is 329 g/mol. The second-order valence-electron chi connectivity index (χ2n) is 7.18. The van der Waals surface area contributed by atoms with Crippen LogP contribution < -0.4 is 5.32 Å². The number of benzene rings is 1. The van der Waals surface area contributed by atoms with Crippen LogP contribution >= 0.6 is 0 Å². The predicted molar refractivity (Wildman–Crippen MR) is 93.3 cm³/mol. The van der Waals surface area contributed by atoms with Crippen LogP contribution in [0.25, 0.3) is 0 Å². The highest BCUT2D eigenvalue weighted by atomic mass is 16.2. The van der Waals surface area contributed by atoms with Crippen LogP contribution in [0.5, 0.6) is 0 Å². The number of carbonyl (C=O) groups is 2. The minimum absolute atomic E-state index is 0.0877. The molecule has 0 aromatic heterocycles. The van der Waals surface area contributed by atoms with Gasteiger partial charge >= 0.3 is 0 Å². The Bertz CT molecular complexity index is 614. The SMILES string of the molecule is Cc1ccc(CN2CC(C(=O)N3CCNC(C)C3C)CC2=O)cc1. The summed E-state index contributed by atoms with van der Waals surface area (Å²) in [6.07, 6.45) is 0.343. The van der Waals surface area contributed by atoms with Crippen LogP contribution in [0.3, 0.4) is 0 Å². The Hall–Kier alpha value is -1.88. The smallest absolute Gasteiger partial charge is 0.228 e. The van der Waals surface area contributed by atoms with Gasteiger partial charge in [0.25, 0.3) is 0 Å². The maximum atomic E-state index is 12.9. The summed E-state index contributed by atoms with van der Waals surface area (Å²) in [6, 6.07) is 8.69. The fraction of sp³-hybridized carbons (Fsp3) is 0.579. The summed E-state index contributed by atoms with van der Waals surface area (Å²) in [6.45, 7) is 8.92. The van der Waals surface area contributed by atoms with Crippen LogP contribution in [0.15, 0.2) is 24.3 Å². The van der Waals surface area contributed by atoms with Crippen molar-refractivity contribution >= 4 is 11.8 Å². The van der Waals surface area contributed by atoms with Crippen LogP contribution in [0, 0.1) is 12.8 Å². The first kappa shape index (κ1) is 17.0. The van der Waals surface area contributed by atoms with Crippen molar-refractivity contribution in [2.24, 2.45) is 5.92 Å². The van der Waals surface area contributed by atoms with Gasteiger partial charge in [-0.05, 0) is 26.3 Å². The Morgan fingerprint density at radius 2 is 1.96 bits per heavy atom. The fourth-order valence-corrected chi connectivity index (χ4v) is 3.61. The number of nitrogens with zero attached hydrogens (tertiary/aromatic N) is 2. The van der Waals surface area contributed by atoms with Gasteiger partial charge in [-0.1, -0.05) is 29.8 Å². The minimum Gasteiger partial charge on any atom is -0.338 e. The first-order valence-electron chi connectivity index (χ1n) is 8.83. The lowest BCUT2D eigenvalue weighted by atomic mass is 10.0. The molecule has 0 saturated carbocycles. The predicted octanol–water partition coefficient (Wildman–Crippen LogP) is 1.55. The number of amides is 2. The number of carbonyl (C=O) groups excluding carboxylic acids is 2. The monoisotopic (exact) mass is 329 g/mol. The van der Waals surface area contributed by atoms with Crippen molar-refractivity contribution < 1.29 is 9.59 Å². The molecule has 2 aliphatic rings. The molecule has 2 fully saturated rings. The topological polar surface area (TPSA) is 52.7 Å². The average Bonchev–Trinajstić information content (AvgIpc) is 2.92. The lowest BCUT2D eigenvalue weighted by Gasteiger charge is -2.39. The van der Waals surface area contributed by atoms with Crippen molar-refractivity contribution in [3.63, 3.8) is 0 Å². The van der Waals surface area contributed by atoms with Gasteiger partial charge in [-0.15, -0.1) is 0 Å². The number of hydrogen-bond donors (Lipinski definition) is 1. The number of likely N-dealkylation sites (tertiary alicyclic amines) is 1. The van der Waals surface area contributed by atoms with Gasteiger partial charge in [0.2, 0.25) is 11.8 Å². The van der Waals surface area contributed by atoms with Crippen LogP contribution in [0.4, 0.5) is 0 Å². The molecule has 0 radical (unpaired) electrons. The van der Waals surface area contributed by atoms with E-state index in [9.17, 15) is 9.59 Å². The van der Waals surface area contributed by atoms with E-state index in [2.05, 4.69) is 50.4 Å². The first-order chi connectivity index (χ1) is 11.5. The lowest BCUT2D eigenvalue weighted by Crippen LogP contribution is -2.58. The normalized spacial score (nSPS) is 27.6. The van der Waals surface area contributed by atoms with Crippen molar-refractivity contribution in [1.82, 2.24) is 15.1 Å². The zero-order valence-corrected chi connectivity index (χ0v) is 14.8. The third-order valence-electron chi connectivity index (χ3n) is 5.38. The molecule has 1 N–H and O–H groups in total. The van der Waals surface area contributed by atoms with Crippen LogP contribution in [0.2, 0.25) is 0 Å². The molecule has 2 amide bonds. The summed E-state index contributed by atoms with van der Waals surface area (Å²) in [4.78, 5) is 29.0. The van der Waals surface area contributed by atoms with E-state index < -0.39 is 0 Å². The Balaban J connectivity index is 1.63. The molecular formula is C19H27N3O2. The zero-order valence-electron chi connectivity index (χ0n) is 14.8. The summed E-state index contributed by atoms with van der Waals surface area (Å²) in [7, 11) is 0. The second kappa shape index (κ2) is 6.93. The largest absolute Gasteiger partial charge is 0.338 e. The molecule has 3 rings (SSSR count).